The fourth-order valence-electron chi connectivity index (χ4n) is 2.80. The first-order valence-electron chi connectivity index (χ1n) is 8.27. The molecule has 126 valence electrons. The van der Waals surface area contributed by atoms with Crippen molar-refractivity contribution in [2.45, 2.75) is 32.0 Å². The topological polar surface area (TPSA) is 62.7 Å². The third kappa shape index (κ3) is 4.55. The highest BCUT2D eigenvalue weighted by molar-refractivity contribution is 5.79. The molecule has 1 saturated heterocycles. The second-order valence-electron chi connectivity index (χ2n) is 6.09. The highest BCUT2D eigenvalue weighted by Gasteiger charge is 2.21. The van der Waals surface area contributed by atoms with Gasteiger partial charge in [0.05, 0.1) is 12.5 Å². The van der Waals surface area contributed by atoms with Crippen molar-refractivity contribution >= 4 is 5.91 Å². The van der Waals surface area contributed by atoms with Crippen molar-refractivity contribution in [3.05, 3.63) is 59.9 Å². The van der Waals surface area contributed by atoms with E-state index in [9.17, 15) is 9.90 Å². The second-order valence-corrected chi connectivity index (χ2v) is 6.09. The Morgan fingerprint density at radius 3 is 2.75 bits per heavy atom. The lowest BCUT2D eigenvalue weighted by molar-refractivity contribution is -0.132. The van der Waals surface area contributed by atoms with Crippen LogP contribution in [0.1, 0.15) is 24.0 Å². The van der Waals surface area contributed by atoms with Crippen LogP contribution in [0.5, 0.6) is 5.75 Å². The summed E-state index contributed by atoms with van der Waals surface area (Å²) in [4.78, 5) is 18.3. The van der Waals surface area contributed by atoms with E-state index in [0.717, 1.165) is 16.9 Å². The van der Waals surface area contributed by atoms with E-state index in [0.29, 0.717) is 39.0 Å². The van der Waals surface area contributed by atoms with E-state index in [1.54, 1.807) is 12.4 Å². The highest BCUT2D eigenvalue weighted by Crippen LogP contribution is 2.17. The number of aromatic nitrogens is 1. The monoisotopic (exact) mass is 326 g/mol. The molecular weight excluding hydrogens is 304 g/mol. The Morgan fingerprint density at radius 2 is 2.00 bits per heavy atom. The predicted octanol–water partition coefficient (Wildman–Crippen LogP) is 2.19. The van der Waals surface area contributed by atoms with Crippen LogP contribution in [-0.2, 0) is 17.8 Å². The molecular formula is C19H22N2O3. The number of rotatable bonds is 5. The Hall–Kier alpha value is -2.40. The van der Waals surface area contributed by atoms with E-state index in [4.69, 9.17) is 4.74 Å². The number of ether oxygens (including phenoxy) is 1. The molecule has 5 nitrogen and oxygen atoms in total. The summed E-state index contributed by atoms with van der Waals surface area (Å²) in [6, 6.07) is 11.5. The zero-order valence-electron chi connectivity index (χ0n) is 13.6. The molecule has 1 amide bonds. The van der Waals surface area contributed by atoms with Gasteiger partial charge in [-0.05, 0) is 36.6 Å². The number of carbonyl (C=O) groups excluding carboxylic acids is 1. The molecule has 0 atom stereocenters. The number of carbonyl (C=O) groups is 1. The standard InChI is InChI=1S/C19H22N2O3/c22-17-6-9-21(10-7-17)19(23)12-15-3-1-5-18(11-15)24-14-16-4-2-8-20-13-16/h1-5,8,11,13,17,22H,6-7,9-10,12,14H2. The molecule has 0 unspecified atom stereocenters. The Balaban J connectivity index is 1.55. The lowest BCUT2D eigenvalue weighted by Gasteiger charge is -2.29. The van der Waals surface area contributed by atoms with Gasteiger partial charge in [-0.2, -0.15) is 0 Å². The van der Waals surface area contributed by atoms with E-state index < -0.39 is 0 Å². The van der Waals surface area contributed by atoms with Crippen LogP contribution < -0.4 is 4.74 Å². The van der Waals surface area contributed by atoms with Crippen molar-refractivity contribution in [1.29, 1.82) is 0 Å². The van der Waals surface area contributed by atoms with Crippen LogP contribution in [0.3, 0.4) is 0 Å². The molecule has 1 aliphatic heterocycles. The van der Waals surface area contributed by atoms with Gasteiger partial charge in [-0.1, -0.05) is 18.2 Å². The Labute approximate surface area is 141 Å². The molecule has 1 N–H and O–H groups in total. The van der Waals surface area contributed by atoms with E-state index in [1.807, 2.05) is 41.3 Å². The molecule has 1 aliphatic rings. The third-order valence-electron chi connectivity index (χ3n) is 4.20. The largest absolute Gasteiger partial charge is 0.489 e. The first kappa shape index (κ1) is 16.5. The minimum atomic E-state index is -0.266. The van der Waals surface area contributed by atoms with Crippen molar-refractivity contribution in [2.24, 2.45) is 0 Å². The molecule has 0 bridgehead atoms. The average molecular weight is 326 g/mol. The third-order valence-corrected chi connectivity index (χ3v) is 4.20. The molecule has 1 fully saturated rings. The first-order valence-corrected chi connectivity index (χ1v) is 8.27. The number of nitrogens with zero attached hydrogens (tertiary/aromatic N) is 2. The van der Waals surface area contributed by atoms with E-state index in [2.05, 4.69) is 4.98 Å². The molecule has 1 aromatic carbocycles. The summed E-state index contributed by atoms with van der Waals surface area (Å²) >= 11 is 0. The van der Waals surface area contributed by atoms with Gasteiger partial charge in [0.15, 0.2) is 0 Å². The van der Waals surface area contributed by atoms with Crippen LogP contribution in [0, 0.1) is 0 Å². The molecule has 24 heavy (non-hydrogen) atoms. The lowest BCUT2D eigenvalue weighted by Crippen LogP contribution is -2.40. The average Bonchev–Trinajstić information content (AvgIpc) is 2.62. The van der Waals surface area contributed by atoms with Crippen molar-refractivity contribution < 1.29 is 14.6 Å². The molecule has 1 aromatic heterocycles. The van der Waals surface area contributed by atoms with Crippen LogP contribution in [0.4, 0.5) is 0 Å². The quantitative estimate of drug-likeness (QED) is 0.915. The molecule has 5 heteroatoms. The van der Waals surface area contributed by atoms with Gasteiger partial charge in [0, 0.05) is 31.0 Å². The number of benzene rings is 1. The summed E-state index contributed by atoms with van der Waals surface area (Å²) in [7, 11) is 0. The summed E-state index contributed by atoms with van der Waals surface area (Å²) < 4.78 is 5.78. The number of hydrogen-bond acceptors (Lipinski definition) is 4. The van der Waals surface area contributed by atoms with Gasteiger partial charge in [-0.3, -0.25) is 9.78 Å². The van der Waals surface area contributed by atoms with Gasteiger partial charge in [0.2, 0.25) is 5.91 Å². The number of pyridine rings is 1. The maximum absolute atomic E-state index is 12.4. The van der Waals surface area contributed by atoms with Crippen molar-refractivity contribution in [3.8, 4) is 5.75 Å². The molecule has 0 radical (unpaired) electrons. The van der Waals surface area contributed by atoms with Crippen LogP contribution in [0.25, 0.3) is 0 Å². The molecule has 0 saturated carbocycles. The normalized spacial score (nSPS) is 15.3. The van der Waals surface area contributed by atoms with Gasteiger partial charge in [-0.15, -0.1) is 0 Å². The minimum absolute atomic E-state index is 0.103. The molecule has 0 spiro atoms. The van der Waals surface area contributed by atoms with Crippen LogP contribution in [0.2, 0.25) is 0 Å². The van der Waals surface area contributed by atoms with Gasteiger partial charge in [0.25, 0.3) is 0 Å². The Kier molecular flexibility index (Phi) is 5.43. The van der Waals surface area contributed by atoms with Gasteiger partial charge >= 0.3 is 0 Å². The Bertz CT molecular complexity index is 667. The number of hydrogen-bond donors (Lipinski definition) is 1. The molecule has 2 heterocycles. The fraction of sp³-hybridized carbons (Fsp3) is 0.368. The smallest absolute Gasteiger partial charge is 0.226 e. The van der Waals surface area contributed by atoms with Crippen LogP contribution >= 0.6 is 0 Å². The van der Waals surface area contributed by atoms with E-state index >= 15 is 0 Å². The second kappa shape index (κ2) is 7.93. The predicted molar refractivity (Wildman–Crippen MR) is 90.5 cm³/mol. The summed E-state index contributed by atoms with van der Waals surface area (Å²) in [6.07, 6.45) is 4.94. The first-order chi connectivity index (χ1) is 11.7. The number of piperidine rings is 1. The SMILES string of the molecule is O=C(Cc1cccc(OCc2cccnc2)c1)N1CCC(O)CC1. The molecule has 0 aliphatic carbocycles. The number of likely N-dealkylation sites (tertiary alicyclic amines) is 1. The number of amides is 1. The van der Waals surface area contributed by atoms with Crippen molar-refractivity contribution in [2.75, 3.05) is 13.1 Å². The van der Waals surface area contributed by atoms with Gasteiger partial charge in [0.1, 0.15) is 12.4 Å². The van der Waals surface area contributed by atoms with Crippen molar-refractivity contribution in [1.82, 2.24) is 9.88 Å². The van der Waals surface area contributed by atoms with E-state index in [1.165, 1.54) is 0 Å². The fourth-order valence-corrected chi connectivity index (χ4v) is 2.80. The summed E-state index contributed by atoms with van der Waals surface area (Å²) in [5.41, 5.74) is 1.95. The maximum atomic E-state index is 12.4. The summed E-state index contributed by atoms with van der Waals surface area (Å²) in [6.45, 7) is 1.73. The minimum Gasteiger partial charge on any atom is -0.489 e. The van der Waals surface area contributed by atoms with Crippen LogP contribution in [-0.4, -0.2) is 40.1 Å². The van der Waals surface area contributed by atoms with E-state index in [-0.39, 0.29) is 12.0 Å². The summed E-state index contributed by atoms with van der Waals surface area (Å²) in [5, 5.41) is 9.53. The zero-order chi connectivity index (χ0) is 16.8. The lowest BCUT2D eigenvalue weighted by atomic mass is 10.1. The highest BCUT2D eigenvalue weighted by atomic mass is 16.5. The van der Waals surface area contributed by atoms with Crippen molar-refractivity contribution in [3.63, 3.8) is 0 Å². The number of aliphatic hydroxyl groups excluding tert-OH is 1. The van der Waals surface area contributed by atoms with Crippen LogP contribution in [0.15, 0.2) is 48.8 Å². The maximum Gasteiger partial charge on any atom is 0.226 e. The number of aliphatic hydroxyl groups is 1. The zero-order valence-corrected chi connectivity index (χ0v) is 13.6. The van der Waals surface area contributed by atoms with Gasteiger partial charge < -0.3 is 14.7 Å². The molecule has 2 aromatic rings. The molecule has 3 rings (SSSR count). The van der Waals surface area contributed by atoms with Gasteiger partial charge in [-0.25, -0.2) is 0 Å². The summed E-state index contributed by atoms with van der Waals surface area (Å²) in [5.74, 6) is 0.851. The Morgan fingerprint density at radius 1 is 1.21 bits per heavy atom.